The van der Waals surface area contributed by atoms with Gasteiger partial charge >= 0.3 is 59.2 Å². The fourth-order valence-corrected chi connectivity index (χ4v) is 3.91. The normalized spacial score (nSPS) is 13.5. The second-order valence-electron chi connectivity index (χ2n) is 8.48. The van der Waals surface area contributed by atoms with Crippen LogP contribution in [0, 0.1) is 5.41 Å². The second-order valence-corrected chi connectivity index (χ2v) is 9.67. The molecular weight excluding hydrogens is 374 g/mol. The van der Waals surface area contributed by atoms with Gasteiger partial charge in [-0.25, -0.2) is 4.57 Å². The van der Waals surface area contributed by atoms with Crippen molar-refractivity contribution in [3.8, 4) is 0 Å². The number of phosphoric ester groups is 1. The van der Waals surface area contributed by atoms with Gasteiger partial charge in [0.2, 0.25) is 0 Å². The molecule has 0 rings (SSSR count). The molecule has 26 heavy (non-hydrogen) atoms. The van der Waals surface area contributed by atoms with E-state index in [2.05, 4.69) is 6.92 Å². The summed E-state index contributed by atoms with van der Waals surface area (Å²) in [5.74, 6) is 0. The zero-order valence-corrected chi connectivity index (χ0v) is 18.0. The van der Waals surface area contributed by atoms with Crippen LogP contribution in [0.1, 0.15) is 118 Å². The van der Waals surface area contributed by atoms with E-state index in [4.69, 9.17) is 14.3 Å². The Bertz CT molecular complexity index is 352. The van der Waals surface area contributed by atoms with Gasteiger partial charge in [0.15, 0.2) is 0 Å². The SMILES string of the molecule is CCCCCCCCCCCCCCCC(OP(=O)(O)O)C(C)(C)C.[KH]. The van der Waals surface area contributed by atoms with Crippen LogP contribution in [0.25, 0.3) is 0 Å². The Labute approximate surface area is 205 Å². The maximum absolute atomic E-state index is 11.1. The van der Waals surface area contributed by atoms with E-state index in [0.717, 1.165) is 12.8 Å². The third-order valence-electron chi connectivity index (χ3n) is 4.80. The monoisotopic (exact) mass is 418 g/mol. The van der Waals surface area contributed by atoms with E-state index in [-0.39, 0.29) is 62.9 Å². The molecule has 0 amide bonds. The Morgan fingerprint density at radius 2 is 1.12 bits per heavy atom. The molecule has 2 N–H and O–H groups in total. The Hall–Kier alpha value is 1.75. The molecule has 154 valence electrons. The van der Waals surface area contributed by atoms with Gasteiger partial charge in [0.25, 0.3) is 0 Å². The quantitative estimate of drug-likeness (QED) is 0.174. The average molecular weight is 419 g/mol. The zero-order valence-electron chi connectivity index (χ0n) is 17.1. The summed E-state index contributed by atoms with van der Waals surface area (Å²) in [7, 11) is -4.40. The molecule has 0 saturated heterocycles. The summed E-state index contributed by atoms with van der Waals surface area (Å²) < 4.78 is 16.1. The van der Waals surface area contributed by atoms with E-state index in [1.165, 1.54) is 70.6 Å². The average Bonchev–Trinajstić information content (AvgIpc) is 2.48. The molecule has 0 spiro atoms. The van der Waals surface area contributed by atoms with Crippen LogP contribution in [0.4, 0.5) is 0 Å². The molecule has 1 unspecified atom stereocenters. The van der Waals surface area contributed by atoms with Crippen LogP contribution in [-0.2, 0) is 9.09 Å². The molecule has 0 saturated carbocycles. The molecule has 0 heterocycles. The first-order chi connectivity index (χ1) is 11.7. The molecule has 0 aromatic heterocycles. The molecule has 0 aliphatic heterocycles. The fraction of sp³-hybridized carbons (Fsp3) is 1.00. The molecule has 0 aromatic rings. The van der Waals surface area contributed by atoms with Crippen molar-refractivity contribution in [3.63, 3.8) is 0 Å². The first-order valence-electron chi connectivity index (χ1n) is 10.4. The van der Waals surface area contributed by atoms with E-state index >= 15 is 0 Å². The number of hydrogen-bond donors (Lipinski definition) is 2. The molecule has 1 atom stereocenters. The van der Waals surface area contributed by atoms with Crippen LogP contribution in [0.15, 0.2) is 0 Å². The van der Waals surface area contributed by atoms with Crippen molar-refractivity contribution in [2.24, 2.45) is 5.41 Å². The molecular formula is C20H44KO4P. The molecule has 0 radical (unpaired) electrons. The zero-order chi connectivity index (χ0) is 19.2. The Morgan fingerprint density at radius 1 is 0.769 bits per heavy atom. The summed E-state index contributed by atoms with van der Waals surface area (Å²) in [4.78, 5) is 18.1. The summed E-state index contributed by atoms with van der Waals surface area (Å²) in [6, 6.07) is 0. The number of rotatable bonds is 16. The molecule has 0 aliphatic rings. The van der Waals surface area contributed by atoms with E-state index in [9.17, 15) is 4.57 Å². The third-order valence-corrected chi connectivity index (χ3v) is 5.33. The molecule has 0 aromatic carbocycles. The van der Waals surface area contributed by atoms with Crippen LogP contribution in [0.5, 0.6) is 0 Å². The van der Waals surface area contributed by atoms with Crippen LogP contribution < -0.4 is 0 Å². The van der Waals surface area contributed by atoms with Crippen molar-refractivity contribution in [2.75, 3.05) is 0 Å². The van der Waals surface area contributed by atoms with Gasteiger partial charge in [0, 0.05) is 0 Å². The summed E-state index contributed by atoms with van der Waals surface area (Å²) >= 11 is 0. The van der Waals surface area contributed by atoms with Crippen LogP contribution in [0.2, 0.25) is 0 Å². The van der Waals surface area contributed by atoms with Gasteiger partial charge < -0.3 is 9.79 Å². The second kappa shape index (κ2) is 17.6. The van der Waals surface area contributed by atoms with Crippen molar-refractivity contribution in [2.45, 2.75) is 124 Å². The van der Waals surface area contributed by atoms with Crippen molar-refractivity contribution >= 4 is 59.2 Å². The van der Waals surface area contributed by atoms with Crippen molar-refractivity contribution in [3.05, 3.63) is 0 Å². The van der Waals surface area contributed by atoms with Gasteiger partial charge in [-0.05, 0) is 11.8 Å². The summed E-state index contributed by atoms with van der Waals surface area (Å²) in [5, 5.41) is 0. The molecule has 0 aliphatic carbocycles. The summed E-state index contributed by atoms with van der Waals surface area (Å²) in [5.41, 5.74) is -0.252. The summed E-state index contributed by atoms with van der Waals surface area (Å²) in [6.07, 6.45) is 17.2. The Balaban J connectivity index is 0. The summed E-state index contributed by atoms with van der Waals surface area (Å²) in [6.45, 7) is 8.16. The van der Waals surface area contributed by atoms with E-state index in [1.54, 1.807) is 0 Å². The van der Waals surface area contributed by atoms with Crippen molar-refractivity contribution in [1.82, 2.24) is 0 Å². The predicted molar refractivity (Wildman–Crippen MR) is 114 cm³/mol. The van der Waals surface area contributed by atoms with Gasteiger partial charge in [-0.1, -0.05) is 111 Å². The van der Waals surface area contributed by atoms with E-state index < -0.39 is 7.82 Å². The maximum atomic E-state index is 11.1. The van der Waals surface area contributed by atoms with Gasteiger partial charge in [-0.3, -0.25) is 4.52 Å². The number of unbranched alkanes of at least 4 members (excludes halogenated alkanes) is 12. The molecule has 4 nitrogen and oxygen atoms in total. The van der Waals surface area contributed by atoms with Gasteiger partial charge in [0.05, 0.1) is 6.10 Å². The molecule has 0 bridgehead atoms. The molecule has 0 fully saturated rings. The standard InChI is InChI=1S/C20H43O4P.K.H/c1-5-6-7-8-9-10-11-12-13-14-15-16-17-18-19(20(2,3)4)24-25(21,22)23;;/h19H,5-18H2,1-4H3,(H2,21,22,23);;. The first kappa shape index (κ1) is 29.9. The van der Waals surface area contributed by atoms with Crippen LogP contribution >= 0.6 is 7.82 Å². The van der Waals surface area contributed by atoms with E-state index in [0.29, 0.717) is 6.42 Å². The van der Waals surface area contributed by atoms with E-state index in [1.807, 2.05) is 20.8 Å². The minimum absolute atomic E-state index is 0. The van der Waals surface area contributed by atoms with Gasteiger partial charge in [-0.2, -0.15) is 0 Å². The Morgan fingerprint density at radius 3 is 1.42 bits per heavy atom. The predicted octanol–water partition coefficient (Wildman–Crippen LogP) is 6.34. The number of hydrogen-bond acceptors (Lipinski definition) is 2. The topological polar surface area (TPSA) is 66.8 Å². The first-order valence-corrected chi connectivity index (χ1v) is 11.9. The van der Waals surface area contributed by atoms with Gasteiger partial charge in [-0.15, -0.1) is 0 Å². The van der Waals surface area contributed by atoms with Crippen LogP contribution in [0.3, 0.4) is 0 Å². The van der Waals surface area contributed by atoms with Crippen LogP contribution in [-0.4, -0.2) is 67.3 Å². The fourth-order valence-electron chi connectivity index (χ4n) is 3.16. The van der Waals surface area contributed by atoms with Crippen molar-refractivity contribution in [1.29, 1.82) is 0 Å². The number of phosphoric acid groups is 1. The Kier molecular flexibility index (Phi) is 20.3. The minimum atomic E-state index is -4.40. The molecule has 6 heteroatoms. The van der Waals surface area contributed by atoms with Gasteiger partial charge in [0.1, 0.15) is 0 Å². The third kappa shape index (κ3) is 20.5. The van der Waals surface area contributed by atoms with Crippen molar-refractivity contribution < 1.29 is 18.9 Å².